The quantitative estimate of drug-likeness (QED) is 0.0163. The SMILES string of the molecule is CC(C)C(=O)[C@@H](N)Cc1ccc(Cl)cc1.CC(C)C(=O)[C@H](N)Cc1c[nH]c2ccccc12.CC(C)C(=O)[C@H](N)Cc1ccc(Cl)c(F)c1.CC(C)C(=O)[C@H](N)Cc1ccc(Cl)cc1.CC(C)C(=O)[C@H](N)Cc1ccc(F)c(F)c1.CC(C)C(=O)[C@H](N)Cc1ccc(F)cc1.CN[C@H](Cc1ccc(OCc2ccccc2)cc1)C(=O)C(C)C.COc1ccc(C[C@@H](N)C(=O)C(C)C)cc1. The lowest BCUT2D eigenvalue weighted by Crippen LogP contribution is -2.38. The Labute approximate surface area is 799 Å². The molecule has 0 aliphatic heterocycles. The number of carbonyl (C=O) groups excluding carboxylic acids is 8. The monoisotopic (exact) mass is 1890 g/mol. The number of fused-ring (bicyclic) bond motifs is 1. The highest BCUT2D eigenvalue weighted by atomic mass is 35.5. The van der Waals surface area contributed by atoms with Gasteiger partial charge in [-0.15, -0.1) is 0 Å². The van der Waals surface area contributed by atoms with Crippen LogP contribution in [-0.2, 0) is 96.3 Å². The molecule has 0 radical (unpaired) electrons. The first-order chi connectivity index (χ1) is 62.6. The van der Waals surface area contributed by atoms with Crippen molar-refractivity contribution in [3.63, 3.8) is 0 Å². The molecule has 8 atom stereocenters. The first-order valence-corrected chi connectivity index (χ1v) is 46.0. The van der Waals surface area contributed by atoms with Gasteiger partial charge in [-0.3, -0.25) is 38.4 Å². The fraction of sp³-hybridized carbons (Fsp3) is 0.402. The minimum atomic E-state index is -0.915. The molecular weight excluding hydrogens is 1750 g/mol. The van der Waals surface area contributed by atoms with Gasteiger partial charge in [0.05, 0.1) is 60.5 Å². The number of methoxy groups -OCH3 is 1. The summed E-state index contributed by atoms with van der Waals surface area (Å²) in [5.41, 5.74) is 50.3. The highest BCUT2D eigenvalue weighted by molar-refractivity contribution is 6.31. The Hall–Kier alpha value is -10.3. The number of para-hydroxylation sites is 1. The molecule has 133 heavy (non-hydrogen) atoms. The molecule has 0 aliphatic carbocycles. The molecule has 10 rings (SSSR count). The van der Waals surface area contributed by atoms with E-state index in [9.17, 15) is 55.9 Å². The van der Waals surface area contributed by atoms with E-state index >= 15 is 0 Å². The lowest BCUT2D eigenvalue weighted by Gasteiger charge is -2.17. The predicted molar refractivity (Wildman–Crippen MR) is 533 cm³/mol. The van der Waals surface area contributed by atoms with Gasteiger partial charge in [-0.25, -0.2) is 17.6 Å². The van der Waals surface area contributed by atoms with Crippen LogP contribution < -0.4 is 54.9 Å². The minimum absolute atomic E-state index is 0.00444. The molecular formula is C107H140Cl3F4N9O10. The zero-order valence-corrected chi connectivity index (χ0v) is 82.4. The molecule has 26 heteroatoms. The molecule has 19 nitrogen and oxygen atoms in total. The van der Waals surface area contributed by atoms with E-state index in [1.807, 2.05) is 248 Å². The van der Waals surface area contributed by atoms with Crippen molar-refractivity contribution in [2.24, 2.45) is 87.5 Å². The molecule has 16 N–H and O–H groups in total. The molecule has 0 bridgehead atoms. The van der Waals surface area contributed by atoms with Crippen LogP contribution in [0.4, 0.5) is 17.6 Å². The maximum absolute atomic E-state index is 13.1. The summed E-state index contributed by atoms with van der Waals surface area (Å²) in [7, 11) is 3.46. The Morgan fingerprint density at radius 3 is 0.970 bits per heavy atom. The van der Waals surface area contributed by atoms with Gasteiger partial charge in [0.15, 0.2) is 57.9 Å². The van der Waals surface area contributed by atoms with Gasteiger partial charge in [-0.2, -0.15) is 0 Å². The van der Waals surface area contributed by atoms with Gasteiger partial charge in [-0.05, 0) is 199 Å². The number of carbonyl (C=O) groups is 8. The summed E-state index contributed by atoms with van der Waals surface area (Å²) in [6.45, 7) is 30.2. The van der Waals surface area contributed by atoms with Gasteiger partial charge in [0.2, 0.25) is 0 Å². The van der Waals surface area contributed by atoms with E-state index < -0.39 is 59.7 Å². The van der Waals surface area contributed by atoms with Crippen molar-refractivity contribution in [2.45, 2.75) is 217 Å². The normalized spacial score (nSPS) is 12.8. The van der Waals surface area contributed by atoms with E-state index in [0.717, 1.165) is 73.5 Å². The number of benzene rings is 9. The number of ketones is 8. The first kappa shape index (κ1) is 117. The molecule has 1 heterocycles. The summed E-state index contributed by atoms with van der Waals surface area (Å²) in [6.07, 6.45) is 6.02. The Bertz CT molecular complexity index is 4940. The second-order valence-corrected chi connectivity index (χ2v) is 36.5. The van der Waals surface area contributed by atoms with Crippen LogP contribution in [-0.4, -0.2) is 114 Å². The number of aromatic nitrogens is 1. The molecule has 9 aromatic carbocycles. The average molecular weight is 1890 g/mol. The lowest BCUT2D eigenvalue weighted by atomic mass is 9.96. The third-order valence-corrected chi connectivity index (χ3v) is 21.9. The number of nitrogens with two attached hydrogens (primary N) is 7. The fourth-order valence-corrected chi connectivity index (χ4v) is 13.5. The van der Waals surface area contributed by atoms with Crippen molar-refractivity contribution in [3.05, 3.63) is 307 Å². The van der Waals surface area contributed by atoms with Gasteiger partial charge in [-0.1, -0.05) is 267 Å². The molecule has 722 valence electrons. The van der Waals surface area contributed by atoms with E-state index in [2.05, 4.69) is 10.3 Å². The number of hydrogen-bond donors (Lipinski definition) is 9. The fourth-order valence-electron chi connectivity index (χ4n) is 13.2. The number of halogens is 7. The Morgan fingerprint density at radius 1 is 0.323 bits per heavy atom. The lowest BCUT2D eigenvalue weighted by molar-refractivity contribution is -0.124. The van der Waals surface area contributed by atoms with E-state index in [1.54, 1.807) is 53.0 Å². The van der Waals surface area contributed by atoms with Gasteiger partial charge < -0.3 is 59.9 Å². The minimum Gasteiger partial charge on any atom is -0.497 e. The Morgan fingerprint density at radius 2 is 0.624 bits per heavy atom. The van der Waals surface area contributed by atoms with Crippen LogP contribution in [0, 0.1) is 70.6 Å². The summed E-state index contributed by atoms with van der Waals surface area (Å²) < 4.78 is 62.1. The van der Waals surface area contributed by atoms with Crippen LogP contribution in [0.15, 0.2) is 219 Å². The van der Waals surface area contributed by atoms with Crippen molar-refractivity contribution in [1.82, 2.24) is 10.3 Å². The maximum Gasteiger partial charge on any atom is 0.159 e. The molecule has 0 aliphatic rings. The van der Waals surface area contributed by atoms with E-state index in [0.29, 0.717) is 72.7 Å². The van der Waals surface area contributed by atoms with Gasteiger partial charge >= 0.3 is 0 Å². The molecule has 1 aromatic heterocycles. The zero-order valence-electron chi connectivity index (χ0n) is 80.2. The standard InChI is InChI=1S/C20H25NO2.C14H18N2O.C13H19NO2.C12H15ClFNO.2C12H16ClNO.C12H15F2NO.C12H16FNO/c1-15(2)20(22)19(21-3)13-16-9-11-18(12-10-16)23-14-17-7-5-4-6-8-17;1-9(2)14(17)12(15)7-10-8-16-13-6-4-3-5-11(10)13;1-9(2)13(15)12(14)8-10-4-6-11(16-3)7-5-10;1-7(2)12(16)11(15)6-8-3-4-9(13)10(14)5-8;2*1-8(2)12(15)11(14)7-9-3-5-10(13)6-4-9;1-7(2)12(16)11(15)6-8-3-4-9(13)10(14)5-8;1-8(2)12(15)11(14)7-9-3-5-10(13)6-4-9/h4-12,15,19,21H,13-14H2,1-3H3;3-6,8-9,12,16H,7,15H2,1-2H3;4-7,9,12H,8,14H2,1-3H3;3-5,7,11H,6,15H2,1-2H3;2*3-6,8,11H,7,14H2,1-2H3;3-5,7,11H,6,15H2,1-2H3;3-6,8,11H,7,14H2,1-2H3/t19-;2*12-;5*11-/m11111011/s1. The molecule has 0 saturated carbocycles. The Kier molecular flexibility index (Phi) is 53.5. The molecule has 0 amide bonds. The van der Waals surface area contributed by atoms with Gasteiger partial charge in [0.1, 0.15) is 29.7 Å². The Balaban J connectivity index is 0.000000393. The van der Waals surface area contributed by atoms with Crippen molar-refractivity contribution < 1.29 is 65.4 Å². The van der Waals surface area contributed by atoms with Crippen molar-refractivity contribution in [3.8, 4) is 11.5 Å². The summed E-state index contributed by atoms with van der Waals surface area (Å²) in [6, 6.07) is 59.2. The van der Waals surface area contributed by atoms with Crippen LogP contribution >= 0.6 is 34.8 Å². The van der Waals surface area contributed by atoms with E-state index in [4.69, 9.17) is 84.4 Å². The largest absolute Gasteiger partial charge is 0.497 e. The van der Waals surface area contributed by atoms with Crippen LogP contribution in [0.5, 0.6) is 11.5 Å². The molecule has 0 saturated heterocycles. The second kappa shape index (κ2) is 60.9. The van der Waals surface area contributed by atoms with Crippen LogP contribution in [0.3, 0.4) is 0 Å². The highest BCUT2D eigenvalue weighted by Crippen LogP contribution is 2.24. The third kappa shape index (κ3) is 44.2. The number of aromatic amines is 1. The molecule has 0 fully saturated rings. The van der Waals surface area contributed by atoms with Crippen LogP contribution in [0.25, 0.3) is 10.9 Å². The average Bonchev–Trinajstić information content (AvgIpc) is 1.68. The number of likely N-dealkylation sites (N-methyl/N-ethyl adjacent to an activating group) is 1. The van der Waals surface area contributed by atoms with Gasteiger partial charge in [0, 0.05) is 74.5 Å². The van der Waals surface area contributed by atoms with Crippen molar-refractivity contribution in [1.29, 1.82) is 0 Å². The van der Waals surface area contributed by atoms with Crippen LogP contribution in [0.1, 0.15) is 161 Å². The number of nitrogens with one attached hydrogen (secondary N) is 2. The number of Topliss-reactive ketones (excluding diaryl/α,β-unsaturated/α-hetero) is 8. The van der Waals surface area contributed by atoms with E-state index in [-0.39, 0.29) is 117 Å². The zero-order chi connectivity index (χ0) is 100. The smallest absolute Gasteiger partial charge is 0.159 e. The number of rotatable bonds is 37. The van der Waals surface area contributed by atoms with Crippen molar-refractivity contribution >= 4 is 92.0 Å². The van der Waals surface area contributed by atoms with Gasteiger partial charge in [0.25, 0.3) is 0 Å². The third-order valence-electron chi connectivity index (χ3n) is 21.1. The predicted octanol–water partition coefficient (Wildman–Crippen LogP) is 19.1. The highest BCUT2D eigenvalue weighted by Gasteiger charge is 2.25. The van der Waals surface area contributed by atoms with Crippen LogP contribution in [0.2, 0.25) is 15.1 Å². The number of hydrogen-bond acceptors (Lipinski definition) is 18. The number of H-pyrrole nitrogens is 1. The second-order valence-electron chi connectivity index (χ2n) is 35.2. The summed E-state index contributed by atoms with van der Waals surface area (Å²) >= 11 is 17.1. The summed E-state index contributed by atoms with van der Waals surface area (Å²) in [5, 5.41) is 5.73. The van der Waals surface area contributed by atoms with E-state index in [1.165, 1.54) is 30.3 Å². The molecule has 0 unspecified atom stereocenters. The molecule has 10 aromatic rings. The first-order valence-electron chi connectivity index (χ1n) is 44.9. The summed E-state index contributed by atoms with van der Waals surface area (Å²) in [4.78, 5) is 96.4. The number of ether oxygens (including phenoxy) is 2. The molecule has 0 spiro atoms. The summed E-state index contributed by atoms with van der Waals surface area (Å²) in [5.74, 6) is -0.587. The topological polar surface area (TPSA) is 365 Å². The maximum atomic E-state index is 13.1. The van der Waals surface area contributed by atoms with Crippen molar-refractivity contribution in [2.75, 3.05) is 14.2 Å².